The van der Waals surface area contributed by atoms with E-state index in [1.807, 2.05) is 6.07 Å². The molecule has 7 aromatic rings. The van der Waals surface area contributed by atoms with Gasteiger partial charge in [0.2, 0.25) is 0 Å². The third kappa shape index (κ3) is 3.35. The molecule has 7 rings (SSSR count). The highest BCUT2D eigenvalue weighted by molar-refractivity contribution is 6.16. The first-order valence-electron chi connectivity index (χ1n) is 13.5. The number of nitrogen functional groups attached to an aromatic ring is 1. The Morgan fingerprint density at radius 2 is 1.24 bits per heavy atom. The second-order valence-electron chi connectivity index (χ2n) is 10.5. The SMILES string of the molecule is CCC(C)Cn1c2ccccc2c2c(-c3ccccc3-c3ccc4c(c3)c3ccccc3n4N)cccc21. The number of fused-ring (bicyclic) bond motifs is 6. The fourth-order valence-corrected chi connectivity index (χ4v) is 6.10. The Bertz CT molecular complexity index is 1970. The standard InChI is InChI=1S/C35H31N3/c1-3-23(2)22-37-31-16-8-7-14-29(31)35-28(15-10-18-34(35)37)26-12-5-4-11-25(26)24-19-20-33-30(21-24)27-13-6-9-17-32(27)38(33)36/h4-21,23H,3,22,36H2,1-2H3. The van der Waals surface area contributed by atoms with E-state index in [0.717, 1.165) is 24.0 Å². The number of nitrogens with zero attached hydrogens (tertiary/aromatic N) is 2. The summed E-state index contributed by atoms with van der Waals surface area (Å²) in [5, 5.41) is 5.01. The molecule has 38 heavy (non-hydrogen) atoms. The molecule has 3 heteroatoms. The Labute approximate surface area is 222 Å². The van der Waals surface area contributed by atoms with Crippen LogP contribution < -0.4 is 5.84 Å². The molecule has 186 valence electrons. The number of aromatic nitrogens is 2. The van der Waals surface area contributed by atoms with E-state index in [4.69, 9.17) is 5.84 Å². The van der Waals surface area contributed by atoms with Gasteiger partial charge in [0.25, 0.3) is 0 Å². The Morgan fingerprint density at radius 1 is 0.605 bits per heavy atom. The van der Waals surface area contributed by atoms with Gasteiger partial charge < -0.3 is 10.4 Å². The zero-order valence-corrected chi connectivity index (χ0v) is 21.9. The van der Waals surface area contributed by atoms with Gasteiger partial charge in [-0.05, 0) is 58.5 Å². The second kappa shape index (κ2) is 8.81. The van der Waals surface area contributed by atoms with Crippen molar-refractivity contribution in [3.05, 3.63) is 109 Å². The summed E-state index contributed by atoms with van der Waals surface area (Å²) >= 11 is 0. The summed E-state index contributed by atoms with van der Waals surface area (Å²) in [5.41, 5.74) is 9.66. The smallest absolute Gasteiger partial charge is 0.0704 e. The summed E-state index contributed by atoms with van der Waals surface area (Å²) in [6.07, 6.45) is 1.16. The van der Waals surface area contributed by atoms with E-state index in [1.54, 1.807) is 4.68 Å². The summed E-state index contributed by atoms with van der Waals surface area (Å²) in [4.78, 5) is 0. The topological polar surface area (TPSA) is 35.9 Å². The molecular weight excluding hydrogens is 462 g/mol. The Hall–Kier alpha value is -4.50. The van der Waals surface area contributed by atoms with Gasteiger partial charge in [0.1, 0.15) is 0 Å². The van der Waals surface area contributed by atoms with Gasteiger partial charge >= 0.3 is 0 Å². The Morgan fingerprint density at radius 3 is 2.05 bits per heavy atom. The molecule has 1 unspecified atom stereocenters. The van der Waals surface area contributed by atoms with Crippen LogP contribution in [0.15, 0.2) is 109 Å². The van der Waals surface area contributed by atoms with E-state index in [-0.39, 0.29) is 0 Å². The first kappa shape index (κ1) is 22.7. The minimum Gasteiger partial charge on any atom is -0.340 e. The van der Waals surface area contributed by atoms with Crippen LogP contribution in [0.4, 0.5) is 0 Å². The molecular formula is C35H31N3. The monoisotopic (exact) mass is 493 g/mol. The van der Waals surface area contributed by atoms with E-state index < -0.39 is 0 Å². The van der Waals surface area contributed by atoms with Crippen molar-refractivity contribution in [2.75, 3.05) is 5.84 Å². The Balaban J connectivity index is 1.49. The van der Waals surface area contributed by atoms with Crippen molar-refractivity contribution in [3.8, 4) is 22.3 Å². The Kier molecular flexibility index (Phi) is 5.26. The van der Waals surface area contributed by atoms with Crippen molar-refractivity contribution in [1.29, 1.82) is 0 Å². The first-order chi connectivity index (χ1) is 18.7. The molecule has 0 aliphatic rings. The third-order valence-electron chi connectivity index (χ3n) is 8.23. The summed E-state index contributed by atoms with van der Waals surface area (Å²) in [7, 11) is 0. The van der Waals surface area contributed by atoms with Crippen LogP contribution >= 0.6 is 0 Å². The molecule has 0 aliphatic heterocycles. The fourth-order valence-electron chi connectivity index (χ4n) is 6.10. The molecule has 0 fully saturated rings. The van der Waals surface area contributed by atoms with Crippen molar-refractivity contribution < 1.29 is 0 Å². The van der Waals surface area contributed by atoms with Crippen LogP contribution in [-0.4, -0.2) is 9.24 Å². The lowest BCUT2D eigenvalue weighted by Crippen LogP contribution is -2.06. The molecule has 0 saturated carbocycles. The molecule has 3 nitrogen and oxygen atoms in total. The summed E-state index contributed by atoms with van der Waals surface area (Å²) in [6.45, 7) is 5.64. The van der Waals surface area contributed by atoms with Crippen LogP contribution in [0.25, 0.3) is 65.9 Å². The van der Waals surface area contributed by atoms with Crippen LogP contribution in [-0.2, 0) is 6.54 Å². The van der Waals surface area contributed by atoms with Crippen molar-refractivity contribution >= 4 is 43.6 Å². The highest BCUT2D eigenvalue weighted by Crippen LogP contribution is 2.41. The van der Waals surface area contributed by atoms with E-state index in [2.05, 4.69) is 122 Å². The van der Waals surface area contributed by atoms with Gasteiger partial charge in [0, 0.05) is 39.1 Å². The second-order valence-corrected chi connectivity index (χ2v) is 10.5. The van der Waals surface area contributed by atoms with E-state index in [1.165, 1.54) is 54.8 Å². The lowest BCUT2D eigenvalue weighted by molar-refractivity contribution is 0.485. The largest absolute Gasteiger partial charge is 0.340 e. The summed E-state index contributed by atoms with van der Waals surface area (Å²) in [6, 6.07) is 39.5. The van der Waals surface area contributed by atoms with Crippen LogP contribution in [0.2, 0.25) is 0 Å². The van der Waals surface area contributed by atoms with Crippen LogP contribution in [0.3, 0.4) is 0 Å². The molecule has 0 aliphatic carbocycles. The summed E-state index contributed by atoms with van der Waals surface area (Å²) < 4.78 is 4.32. The van der Waals surface area contributed by atoms with Crippen LogP contribution in [0, 0.1) is 5.92 Å². The summed E-state index contributed by atoms with van der Waals surface area (Å²) in [5.74, 6) is 7.07. The average Bonchev–Trinajstić information content (AvgIpc) is 3.45. The molecule has 5 aromatic carbocycles. The maximum Gasteiger partial charge on any atom is 0.0704 e. The van der Waals surface area contributed by atoms with E-state index in [9.17, 15) is 0 Å². The predicted molar refractivity (Wildman–Crippen MR) is 163 cm³/mol. The van der Waals surface area contributed by atoms with Crippen molar-refractivity contribution in [2.24, 2.45) is 5.92 Å². The van der Waals surface area contributed by atoms with E-state index >= 15 is 0 Å². The normalized spacial score (nSPS) is 12.7. The highest BCUT2D eigenvalue weighted by atomic mass is 15.3. The number of nitrogens with two attached hydrogens (primary N) is 1. The predicted octanol–water partition coefficient (Wildman–Crippen LogP) is 9.00. The maximum absolute atomic E-state index is 6.46. The highest BCUT2D eigenvalue weighted by Gasteiger charge is 2.18. The number of rotatable bonds is 5. The number of hydrogen-bond acceptors (Lipinski definition) is 1. The van der Waals surface area contributed by atoms with Crippen molar-refractivity contribution in [3.63, 3.8) is 0 Å². The molecule has 2 heterocycles. The average molecular weight is 494 g/mol. The molecule has 1 atom stereocenters. The third-order valence-corrected chi connectivity index (χ3v) is 8.23. The maximum atomic E-state index is 6.46. The lowest BCUT2D eigenvalue weighted by Gasteiger charge is -2.14. The number of para-hydroxylation sites is 2. The zero-order valence-electron chi connectivity index (χ0n) is 21.9. The van der Waals surface area contributed by atoms with Gasteiger partial charge in [-0.1, -0.05) is 99.1 Å². The van der Waals surface area contributed by atoms with Crippen LogP contribution in [0.1, 0.15) is 20.3 Å². The minimum atomic E-state index is 0.612. The van der Waals surface area contributed by atoms with Gasteiger partial charge in [-0.25, -0.2) is 0 Å². The van der Waals surface area contributed by atoms with Gasteiger partial charge in [-0.2, -0.15) is 0 Å². The fraction of sp³-hybridized carbons (Fsp3) is 0.143. The molecule has 2 aromatic heterocycles. The lowest BCUT2D eigenvalue weighted by atomic mass is 9.91. The van der Waals surface area contributed by atoms with Crippen LogP contribution in [0.5, 0.6) is 0 Å². The van der Waals surface area contributed by atoms with Gasteiger partial charge in [-0.3, -0.25) is 4.68 Å². The van der Waals surface area contributed by atoms with Gasteiger partial charge in [-0.15, -0.1) is 0 Å². The van der Waals surface area contributed by atoms with Gasteiger partial charge in [0.05, 0.1) is 11.0 Å². The zero-order chi connectivity index (χ0) is 25.8. The van der Waals surface area contributed by atoms with Gasteiger partial charge in [0.15, 0.2) is 0 Å². The molecule has 2 N–H and O–H groups in total. The molecule has 0 spiro atoms. The van der Waals surface area contributed by atoms with Crippen molar-refractivity contribution in [1.82, 2.24) is 9.24 Å². The minimum absolute atomic E-state index is 0.612. The number of benzene rings is 5. The first-order valence-corrected chi connectivity index (χ1v) is 13.5. The number of hydrogen-bond donors (Lipinski definition) is 1. The van der Waals surface area contributed by atoms with Crippen molar-refractivity contribution in [2.45, 2.75) is 26.8 Å². The molecule has 0 amide bonds. The van der Waals surface area contributed by atoms with E-state index in [0.29, 0.717) is 5.92 Å². The molecule has 0 bridgehead atoms. The molecule has 0 saturated heterocycles. The molecule has 0 radical (unpaired) electrons. The quantitative estimate of drug-likeness (QED) is 0.239.